The van der Waals surface area contributed by atoms with Crippen LogP contribution in [0.15, 0.2) is 42.5 Å². The fraction of sp³-hybridized carbons (Fsp3) is 0.280. The topological polar surface area (TPSA) is 63.1 Å². The number of nitrogens with one attached hydrogen (secondary N) is 2. The van der Waals surface area contributed by atoms with Crippen LogP contribution in [0.5, 0.6) is 0 Å². The fourth-order valence-corrected chi connectivity index (χ4v) is 3.99. The van der Waals surface area contributed by atoms with Crippen LogP contribution in [0, 0.1) is 41.5 Å². The molecule has 0 bridgehead atoms. The fourth-order valence-electron chi connectivity index (χ4n) is 3.99. The molecule has 0 saturated heterocycles. The summed E-state index contributed by atoms with van der Waals surface area (Å²) in [5.74, 6) is -0.499. The largest absolute Gasteiger partial charge is 0.343 e. The predicted octanol–water partition coefficient (Wildman–Crippen LogP) is 4.70. The molecule has 2 aromatic carbocycles. The second-order valence-electron chi connectivity index (χ2n) is 7.91. The van der Waals surface area contributed by atoms with Gasteiger partial charge >= 0.3 is 0 Å². The van der Waals surface area contributed by atoms with Gasteiger partial charge in [-0.25, -0.2) is 0 Å². The summed E-state index contributed by atoms with van der Waals surface area (Å²) in [7, 11) is 0. The first-order valence-corrected chi connectivity index (χ1v) is 10.1. The number of benzene rings is 2. The maximum absolute atomic E-state index is 12.8. The Balaban J connectivity index is 1.72. The number of hydrogen-bond acceptors (Lipinski definition) is 2. The lowest BCUT2D eigenvalue weighted by atomic mass is 10.1. The number of anilines is 1. The maximum atomic E-state index is 12.8. The van der Waals surface area contributed by atoms with Crippen LogP contribution in [0.1, 0.15) is 44.0 Å². The van der Waals surface area contributed by atoms with E-state index in [1.807, 2.05) is 84.0 Å². The minimum Gasteiger partial charge on any atom is -0.343 e. The smallest absolute Gasteiger partial charge is 0.253 e. The van der Waals surface area contributed by atoms with Crippen molar-refractivity contribution in [2.75, 3.05) is 11.9 Å². The Morgan fingerprint density at radius 3 is 2.13 bits per heavy atom. The van der Waals surface area contributed by atoms with Crippen LogP contribution in [0.2, 0.25) is 0 Å². The molecule has 0 saturated carbocycles. The van der Waals surface area contributed by atoms with Crippen molar-refractivity contribution in [2.45, 2.75) is 41.5 Å². The van der Waals surface area contributed by atoms with Crippen LogP contribution >= 0.6 is 0 Å². The molecule has 156 valence electrons. The number of para-hydroxylation sites is 1. The van der Waals surface area contributed by atoms with E-state index in [1.165, 1.54) is 0 Å². The lowest BCUT2D eigenvalue weighted by Crippen LogP contribution is -2.33. The molecule has 30 heavy (non-hydrogen) atoms. The van der Waals surface area contributed by atoms with Crippen LogP contribution in [-0.2, 0) is 4.79 Å². The van der Waals surface area contributed by atoms with Gasteiger partial charge in [0.1, 0.15) is 0 Å². The van der Waals surface area contributed by atoms with Gasteiger partial charge in [-0.1, -0.05) is 35.9 Å². The Kier molecular flexibility index (Phi) is 6.11. The number of carbonyl (C=O) groups is 2. The van der Waals surface area contributed by atoms with E-state index in [0.29, 0.717) is 5.56 Å². The van der Waals surface area contributed by atoms with Gasteiger partial charge < -0.3 is 15.2 Å². The van der Waals surface area contributed by atoms with Crippen molar-refractivity contribution < 1.29 is 9.59 Å². The molecule has 5 nitrogen and oxygen atoms in total. The van der Waals surface area contributed by atoms with E-state index in [-0.39, 0.29) is 18.4 Å². The Hall–Kier alpha value is -3.34. The highest BCUT2D eigenvalue weighted by molar-refractivity contribution is 6.00. The number of amides is 2. The lowest BCUT2D eigenvalue weighted by Gasteiger charge is -2.14. The Bertz CT molecular complexity index is 1100. The summed E-state index contributed by atoms with van der Waals surface area (Å²) in [6.45, 7) is 11.8. The summed E-state index contributed by atoms with van der Waals surface area (Å²) < 4.78 is 2.07. The Morgan fingerprint density at radius 1 is 0.867 bits per heavy atom. The quantitative estimate of drug-likeness (QED) is 0.649. The zero-order valence-electron chi connectivity index (χ0n) is 18.5. The first kappa shape index (κ1) is 21.4. The second kappa shape index (κ2) is 8.57. The first-order valence-electron chi connectivity index (χ1n) is 10.1. The minimum absolute atomic E-state index is 0.0837. The summed E-state index contributed by atoms with van der Waals surface area (Å²) in [4.78, 5) is 25.2. The second-order valence-corrected chi connectivity index (χ2v) is 7.91. The molecule has 0 unspecified atom stereocenters. The molecule has 3 aromatic rings. The standard InChI is InChI=1S/C25H29N3O2/c1-15-11-17(3)24(18(4)12-15)27-23(29)14-26-25(30)21-13-19(5)28(20(21)6)22-10-8-7-9-16(22)2/h7-13H,14H2,1-6H3,(H,26,30)(H,27,29). The van der Waals surface area contributed by atoms with Crippen molar-refractivity contribution in [2.24, 2.45) is 0 Å². The van der Waals surface area contributed by atoms with E-state index in [9.17, 15) is 9.59 Å². The van der Waals surface area contributed by atoms with Gasteiger partial charge in [-0.3, -0.25) is 9.59 Å². The van der Waals surface area contributed by atoms with Crippen molar-refractivity contribution in [1.82, 2.24) is 9.88 Å². The summed E-state index contributed by atoms with van der Waals surface area (Å²) in [6.07, 6.45) is 0. The first-order chi connectivity index (χ1) is 14.2. The van der Waals surface area contributed by atoms with E-state index in [4.69, 9.17) is 0 Å². The molecule has 3 rings (SSSR count). The van der Waals surface area contributed by atoms with Crippen molar-refractivity contribution in [3.05, 3.63) is 81.7 Å². The van der Waals surface area contributed by atoms with Gasteiger partial charge in [0.05, 0.1) is 12.1 Å². The molecule has 0 aliphatic rings. The van der Waals surface area contributed by atoms with E-state index >= 15 is 0 Å². The number of aryl methyl sites for hydroxylation is 5. The normalized spacial score (nSPS) is 10.7. The van der Waals surface area contributed by atoms with Crippen LogP contribution in [0.25, 0.3) is 5.69 Å². The Morgan fingerprint density at radius 2 is 1.50 bits per heavy atom. The van der Waals surface area contributed by atoms with Gasteiger partial charge in [-0.15, -0.1) is 0 Å². The van der Waals surface area contributed by atoms with E-state index < -0.39 is 0 Å². The highest BCUT2D eigenvalue weighted by Crippen LogP contribution is 2.24. The SMILES string of the molecule is Cc1cc(C)c(NC(=O)CNC(=O)c2cc(C)n(-c3ccccc3C)c2C)c(C)c1. The summed E-state index contributed by atoms with van der Waals surface area (Å²) >= 11 is 0. The minimum atomic E-state index is -0.254. The van der Waals surface area contributed by atoms with Gasteiger partial charge in [-0.2, -0.15) is 0 Å². The molecule has 0 fully saturated rings. The molecule has 0 aliphatic heterocycles. The average Bonchev–Trinajstić information content (AvgIpc) is 2.97. The van der Waals surface area contributed by atoms with Crippen molar-refractivity contribution in [1.29, 1.82) is 0 Å². The molecule has 2 amide bonds. The molecule has 1 heterocycles. The van der Waals surface area contributed by atoms with Crippen LogP contribution in [0.3, 0.4) is 0 Å². The third kappa shape index (κ3) is 4.30. The molecule has 2 N–H and O–H groups in total. The highest BCUT2D eigenvalue weighted by atomic mass is 16.2. The molecular weight excluding hydrogens is 374 g/mol. The number of nitrogens with zero attached hydrogens (tertiary/aromatic N) is 1. The van der Waals surface area contributed by atoms with Crippen LogP contribution in [-0.4, -0.2) is 22.9 Å². The van der Waals surface area contributed by atoms with Crippen molar-refractivity contribution in [3.8, 4) is 5.69 Å². The highest BCUT2D eigenvalue weighted by Gasteiger charge is 2.18. The van der Waals surface area contributed by atoms with Crippen LogP contribution in [0.4, 0.5) is 5.69 Å². The molecule has 0 radical (unpaired) electrons. The zero-order chi connectivity index (χ0) is 22.0. The van der Waals surface area contributed by atoms with Gasteiger partial charge in [0.15, 0.2) is 0 Å². The molecule has 0 spiro atoms. The molecule has 1 aromatic heterocycles. The zero-order valence-corrected chi connectivity index (χ0v) is 18.5. The summed E-state index contributed by atoms with van der Waals surface area (Å²) in [5.41, 5.74) is 8.56. The van der Waals surface area contributed by atoms with Gasteiger partial charge in [-0.05, 0) is 70.4 Å². The van der Waals surface area contributed by atoms with Gasteiger partial charge in [0.25, 0.3) is 5.91 Å². The lowest BCUT2D eigenvalue weighted by molar-refractivity contribution is -0.115. The predicted molar refractivity (Wildman–Crippen MR) is 122 cm³/mol. The summed E-state index contributed by atoms with van der Waals surface area (Å²) in [6, 6.07) is 14.0. The molecular formula is C25H29N3O2. The van der Waals surface area contributed by atoms with E-state index in [1.54, 1.807) is 0 Å². The van der Waals surface area contributed by atoms with Gasteiger partial charge in [0, 0.05) is 22.8 Å². The van der Waals surface area contributed by atoms with Crippen molar-refractivity contribution in [3.63, 3.8) is 0 Å². The molecule has 5 heteroatoms. The number of carbonyl (C=O) groups excluding carboxylic acids is 2. The van der Waals surface area contributed by atoms with E-state index in [0.717, 1.165) is 45.0 Å². The van der Waals surface area contributed by atoms with Crippen LogP contribution < -0.4 is 10.6 Å². The van der Waals surface area contributed by atoms with Crippen molar-refractivity contribution >= 4 is 17.5 Å². The monoisotopic (exact) mass is 403 g/mol. The number of aromatic nitrogens is 1. The Labute approximate surface area is 178 Å². The average molecular weight is 404 g/mol. The maximum Gasteiger partial charge on any atom is 0.253 e. The third-order valence-corrected chi connectivity index (χ3v) is 5.38. The van der Waals surface area contributed by atoms with E-state index in [2.05, 4.69) is 15.2 Å². The third-order valence-electron chi connectivity index (χ3n) is 5.38. The van der Waals surface area contributed by atoms with Gasteiger partial charge in [0.2, 0.25) is 5.91 Å². The summed E-state index contributed by atoms with van der Waals surface area (Å²) in [5, 5.41) is 5.67. The molecule has 0 aliphatic carbocycles. The molecule has 0 atom stereocenters. The number of hydrogen-bond donors (Lipinski definition) is 2. The number of rotatable bonds is 5.